The Morgan fingerprint density at radius 3 is 2.25 bits per heavy atom. The van der Waals surface area contributed by atoms with E-state index in [4.69, 9.17) is 9.26 Å². The van der Waals surface area contributed by atoms with Gasteiger partial charge in [0.15, 0.2) is 11.5 Å². The Hall–Kier alpha value is -4.31. The van der Waals surface area contributed by atoms with Crippen molar-refractivity contribution < 1.29 is 37.4 Å². The molecule has 0 radical (unpaired) electrons. The number of carbonyl (C=O) groups excluding carboxylic acids is 1. The molecule has 0 bridgehead atoms. The van der Waals surface area contributed by atoms with Crippen molar-refractivity contribution in [1.82, 2.24) is 10.5 Å². The summed E-state index contributed by atoms with van der Waals surface area (Å²) >= 11 is 0. The van der Waals surface area contributed by atoms with E-state index in [0.29, 0.717) is 11.1 Å². The second kappa shape index (κ2) is 11.1. The topological polar surface area (TPSA) is 105 Å². The quantitative estimate of drug-likeness (QED) is 0.223. The van der Waals surface area contributed by atoms with Crippen molar-refractivity contribution in [2.24, 2.45) is 0 Å². The lowest BCUT2D eigenvalue weighted by Crippen LogP contribution is -2.44. The van der Waals surface area contributed by atoms with E-state index in [1.54, 1.807) is 6.92 Å². The fourth-order valence-electron chi connectivity index (χ4n) is 4.87. The molecule has 208 valence electrons. The summed E-state index contributed by atoms with van der Waals surface area (Å²) in [5, 5.41) is 26.7. The SMILES string of the molecule is CC(Oc1ccc(C(=O)c2c(-c3ccc(O)cc3)noc2-c2ccc(O)cc2)c(C(F)(F)F)c1)C1CCCCN1. The molecular weight excluding hydrogens is 525 g/mol. The van der Waals surface area contributed by atoms with Crippen molar-refractivity contribution in [3.05, 3.63) is 83.4 Å². The molecule has 2 atom stereocenters. The van der Waals surface area contributed by atoms with Crippen molar-refractivity contribution >= 4 is 5.78 Å². The number of benzene rings is 3. The summed E-state index contributed by atoms with van der Waals surface area (Å²) in [4.78, 5) is 13.9. The lowest BCUT2D eigenvalue weighted by molar-refractivity contribution is -0.138. The largest absolute Gasteiger partial charge is 0.508 e. The minimum atomic E-state index is -4.86. The number of ether oxygens (including phenoxy) is 1. The summed E-state index contributed by atoms with van der Waals surface area (Å²) in [5.41, 5.74) is -1.22. The van der Waals surface area contributed by atoms with Crippen molar-refractivity contribution in [2.75, 3.05) is 6.54 Å². The normalized spacial score (nSPS) is 16.4. The first-order chi connectivity index (χ1) is 19.1. The van der Waals surface area contributed by atoms with Crippen LogP contribution in [0, 0.1) is 0 Å². The highest BCUT2D eigenvalue weighted by atomic mass is 19.4. The standard InChI is InChI=1S/C30H27F3N2O5/c1-17(25-4-2-3-15-34-25)39-22-13-14-23(24(16-22)30(31,32)33)28(38)26-27(18-5-9-20(36)10-6-18)35-40-29(26)19-7-11-21(37)12-8-19/h5-14,16-17,25,34,36-37H,2-4,15H2,1H3. The van der Waals surface area contributed by atoms with Crippen LogP contribution in [0.3, 0.4) is 0 Å². The number of nitrogens with one attached hydrogen (secondary N) is 1. The summed E-state index contributed by atoms with van der Waals surface area (Å²) in [6.07, 6.45) is -2.32. The lowest BCUT2D eigenvalue weighted by Gasteiger charge is -2.29. The van der Waals surface area contributed by atoms with Crippen LogP contribution in [-0.4, -0.2) is 39.8 Å². The second-order valence-corrected chi connectivity index (χ2v) is 9.74. The Morgan fingerprint density at radius 2 is 1.65 bits per heavy atom. The van der Waals surface area contributed by atoms with Gasteiger partial charge in [-0.1, -0.05) is 11.6 Å². The van der Waals surface area contributed by atoms with Gasteiger partial charge >= 0.3 is 6.18 Å². The lowest BCUT2D eigenvalue weighted by atomic mass is 9.92. The molecule has 5 rings (SSSR count). The van der Waals surface area contributed by atoms with Gasteiger partial charge in [-0.25, -0.2) is 0 Å². The number of phenols is 2. The van der Waals surface area contributed by atoms with Crippen molar-refractivity contribution in [1.29, 1.82) is 0 Å². The summed E-state index contributed by atoms with van der Waals surface area (Å²) in [5.74, 6) is -1.08. The van der Waals surface area contributed by atoms with Gasteiger partial charge in [-0.3, -0.25) is 4.79 Å². The molecule has 3 N–H and O–H groups in total. The first-order valence-electron chi connectivity index (χ1n) is 12.9. The molecule has 0 spiro atoms. The van der Waals surface area contributed by atoms with E-state index in [2.05, 4.69) is 10.5 Å². The number of alkyl halides is 3. The van der Waals surface area contributed by atoms with E-state index in [-0.39, 0.29) is 46.4 Å². The van der Waals surface area contributed by atoms with Gasteiger partial charge in [0.2, 0.25) is 0 Å². The molecule has 4 aromatic rings. The monoisotopic (exact) mass is 552 g/mol. The molecule has 0 aliphatic carbocycles. The average molecular weight is 553 g/mol. The Kier molecular flexibility index (Phi) is 7.53. The maximum absolute atomic E-state index is 14.3. The van der Waals surface area contributed by atoms with E-state index >= 15 is 0 Å². The Bertz CT molecular complexity index is 1430. The van der Waals surface area contributed by atoms with E-state index in [9.17, 15) is 28.2 Å². The Labute approximate surface area is 228 Å². The number of ketones is 1. The molecule has 40 heavy (non-hydrogen) atoms. The number of hydrogen-bond donors (Lipinski definition) is 3. The van der Waals surface area contributed by atoms with Gasteiger partial charge in [-0.2, -0.15) is 13.2 Å². The Balaban J connectivity index is 1.58. The van der Waals surface area contributed by atoms with Crippen LogP contribution in [0.4, 0.5) is 13.2 Å². The average Bonchev–Trinajstić information content (AvgIpc) is 3.38. The zero-order valence-corrected chi connectivity index (χ0v) is 21.5. The van der Waals surface area contributed by atoms with Crippen LogP contribution in [0.5, 0.6) is 17.2 Å². The summed E-state index contributed by atoms with van der Waals surface area (Å²) in [7, 11) is 0. The summed E-state index contributed by atoms with van der Waals surface area (Å²) in [6, 6.07) is 14.7. The number of nitrogens with zero attached hydrogens (tertiary/aromatic N) is 1. The van der Waals surface area contributed by atoms with Gasteiger partial charge in [0.25, 0.3) is 0 Å². The third kappa shape index (κ3) is 5.67. The number of rotatable bonds is 7. The highest BCUT2D eigenvalue weighted by Gasteiger charge is 2.38. The number of phenolic OH excluding ortho intramolecular Hbond substituents is 2. The minimum absolute atomic E-state index is 0.00610. The zero-order valence-electron chi connectivity index (χ0n) is 21.5. The highest BCUT2D eigenvalue weighted by Crippen LogP contribution is 2.40. The maximum Gasteiger partial charge on any atom is 0.417 e. The summed E-state index contributed by atoms with van der Waals surface area (Å²) < 4.78 is 54.4. The molecular formula is C30H27F3N2O5. The molecule has 7 nitrogen and oxygen atoms in total. The van der Waals surface area contributed by atoms with E-state index < -0.39 is 23.1 Å². The number of halogens is 3. The number of piperidine rings is 1. The first kappa shape index (κ1) is 27.3. The number of carbonyl (C=O) groups is 1. The minimum Gasteiger partial charge on any atom is -0.508 e. The van der Waals surface area contributed by atoms with Gasteiger partial charge in [0.1, 0.15) is 29.0 Å². The fraction of sp³-hybridized carbons (Fsp3) is 0.267. The molecule has 1 aliphatic rings. The fourth-order valence-corrected chi connectivity index (χ4v) is 4.87. The van der Waals surface area contributed by atoms with Crippen LogP contribution in [0.25, 0.3) is 22.6 Å². The first-order valence-corrected chi connectivity index (χ1v) is 12.9. The van der Waals surface area contributed by atoms with Gasteiger partial charge in [0, 0.05) is 22.7 Å². The predicted octanol–water partition coefficient (Wildman–Crippen LogP) is 6.58. The van der Waals surface area contributed by atoms with Crippen LogP contribution in [0.2, 0.25) is 0 Å². The smallest absolute Gasteiger partial charge is 0.417 e. The molecule has 1 saturated heterocycles. The molecule has 10 heteroatoms. The molecule has 1 aromatic heterocycles. The molecule has 2 unspecified atom stereocenters. The molecule has 3 aromatic carbocycles. The van der Waals surface area contributed by atoms with Crippen LogP contribution >= 0.6 is 0 Å². The number of aromatic nitrogens is 1. The molecule has 2 heterocycles. The number of aromatic hydroxyl groups is 2. The van der Waals surface area contributed by atoms with E-state index in [0.717, 1.165) is 37.9 Å². The predicted molar refractivity (Wildman–Crippen MR) is 141 cm³/mol. The van der Waals surface area contributed by atoms with Gasteiger partial charge < -0.3 is 24.8 Å². The van der Waals surface area contributed by atoms with Gasteiger partial charge in [-0.15, -0.1) is 0 Å². The summed E-state index contributed by atoms with van der Waals surface area (Å²) in [6.45, 7) is 2.63. The van der Waals surface area contributed by atoms with Crippen LogP contribution in [0.15, 0.2) is 71.3 Å². The van der Waals surface area contributed by atoms with Crippen LogP contribution in [0.1, 0.15) is 47.7 Å². The van der Waals surface area contributed by atoms with Crippen molar-refractivity contribution in [2.45, 2.75) is 44.5 Å². The van der Waals surface area contributed by atoms with Crippen LogP contribution in [-0.2, 0) is 6.18 Å². The van der Waals surface area contributed by atoms with E-state index in [1.165, 1.54) is 54.6 Å². The Morgan fingerprint density at radius 1 is 1.00 bits per heavy atom. The van der Waals surface area contributed by atoms with E-state index in [1.807, 2.05) is 0 Å². The third-order valence-corrected chi connectivity index (χ3v) is 6.97. The van der Waals surface area contributed by atoms with Gasteiger partial charge in [-0.05, 0) is 93.0 Å². The molecule has 1 fully saturated rings. The van der Waals surface area contributed by atoms with Crippen LogP contribution < -0.4 is 10.1 Å². The molecule has 0 saturated carbocycles. The molecule has 0 amide bonds. The second-order valence-electron chi connectivity index (χ2n) is 9.74. The van der Waals surface area contributed by atoms with Crippen molar-refractivity contribution in [3.8, 4) is 39.8 Å². The number of hydrogen-bond acceptors (Lipinski definition) is 7. The highest BCUT2D eigenvalue weighted by molar-refractivity contribution is 6.16. The maximum atomic E-state index is 14.3. The molecule has 1 aliphatic heterocycles. The van der Waals surface area contributed by atoms with Crippen molar-refractivity contribution in [3.63, 3.8) is 0 Å². The third-order valence-electron chi connectivity index (χ3n) is 6.97. The zero-order chi connectivity index (χ0) is 28.4. The van der Waals surface area contributed by atoms with Gasteiger partial charge in [0.05, 0.1) is 11.1 Å².